The summed E-state index contributed by atoms with van der Waals surface area (Å²) in [6.45, 7) is 3.06. The number of fused-ring (bicyclic) bond motifs is 1. The third-order valence-corrected chi connectivity index (χ3v) is 4.40. The Morgan fingerprint density at radius 2 is 2.00 bits per heavy atom. The lowest BCUT2D eigenvalue weighted by molar-refractivity contribution is -0.117. The highest BCUT2D eigenvalue weighted by molar-refractivity contribution is 7.90. The van der Waals surface area contributed by atoms with Crippen molar-refractivity contribution < 1.29 is 13.2 Å². The van der Waals surface area contributed by atoms with Crippen LogP contribution in [0.3, 0.4) is 0 Å². The molecule has 1 saturated heterocycles. The molecule has 2 fully saturated rings. The van der Waals surface area contributed by atoms with Crippen molar-refractivity contribution in [2.45, 2.75) is 6.92 Å². The summed E-state index contributed by atoms with van der Waals surface area (Å²) in [5.41, 5.74) is 0. The molecule has 0 radical (unpaired) electrons. The average Bonchev–Trinajstić information content (AvgIpc) is 2.51. The van der Waals surface area contributed by atoms with Crippen LogP contribution in [0.2, 0.25) is 0 Å². The second-order valence-electron chi connectivity index (χ2n) is 4.09. The van der Waals surface area contributed by atoms with Crippen LogP contribution in [0.4, 0.5) is 0 Å². The van der Waals surface area contributed by atoms with E-state index in [0.29, 0.717) is 11.8 Å². The Hall–Kier alpha value is -0.620. The topological polar surface area (TPSA) is 75.3 Å². The number of rotatable bonds is 3. The molecule has 0 aromatic carbocycles. The van der Waals surface area contributed by atoms with Gasteiger partial charge in [-0.2, -0.15) is 0 Å². The highest BCUT2D eigenvalue weighted by atomic mass is 32.2. The zero-order valence-corrected chi connectivity index (χ0v) is 8.80. The van der Waals surface area contributed by atoms with Gasteiger partial charge in [0.25, 0.3) is 0 Å². The van der Waals surface area contributed by atoms with E-state index in [0.717, 1.165) is 13.1 Å². The second-order valence-corrected chi connectivity index (χ2v) is 5.86. The molecule has 2 N–H and O–H groups in total. The number of carbonyl (C=O) groups excluding carboxylic acids is 1. The van der Waals surface area contributed by atoms with Gasteiger partial charge in [-0.3, -0.25) is 9.52 Å². The molecule has 0 bridgehead atoms. The predicted molar refractivity (Wildman–Crippen MR) is 50.9 cm³/mol. The van der Waals surface area contributed by atoms with E-state index in [1.54, 1.807) is 0 Å². The van der Waals surface area contributed by atoms with E-state index < -0.39 is 15.9 Å². The Kier molecular flexibility index (Phi) is 2.27. The Balaban J connectivity index is 1.89. The Morgan fingerprint density at radius 3 is 2.50 bits per heavy atom. The van der Waals surface area contributed by atoms with E-state index in [1.165, 1.54) is 6.92 Å². The lowest BCUT2D eigenvalue weighted by atomic mass is 10.3. The van der Waals surface area contributed by atoms with Crippen molar-refractivity contribution in [3.05, 3.63) is 0 Å². The van der Waals surface area contributed by atoms with E-state index in [4.69, 9.17) is 0 Å². The molecule has 1 saturated carbocycles. The van der Waals surface area contributed by atoms with Crippen LogP contribution in [-0.4, -0.2) is 33.2 Å². The molecule has 2 aliphatic rings. The van der Waals surface area contributed by atoms with Crippen LogP contribution in [0.1, 0.15) is 6.92 Å². The van der Waals surface area contributed by atoms with Crippen molar-refractivity contribution >= 4 is 15.9 Å². The van der Waals surface area contributed by atoms with Crippen molar-refractivity contribution in [3.63, 3.8) is 0 Å². The van der Waals surface area contributed by atoms with Gasteiger partial charge in [-0.15, -0.1) is 0 Å². The van der Waals surface area contributed by atoms with Crippen molar-refractivity contribution in [2.75, 3.05) is 18.8 Å². The number of hydrogen-bond acceptors (Lipinski definition) is 4. The van der Waals surface area contributed by atoms with Gasteiger partial charge in [-0.05, 0) is 30.8 Å². The standard InChI is InChI=1S/C8H14N2O3S/c1-5(11)10-14(12,13)4-8-6-2-9-3-7(6)8/h6-9H,2-4H2,1H3,(H,10,11). The van der Waals surface area contributed by atoms with Crippen molar-refractivity contribution in [3.8, 4) is 0 Å². The highest BCUT2D eigenvalue weighted by Gasteiger charge is 2.54. The van der Waals surface area contributed by atoms with E-state index in [9.17, 15) is 13.2 Å². The number of piperidine rings is 1. The summed E-state index contributed by atoms with van der Waals surface area (Å²) in [4.78, 5) is 10.6. The fourth-order valence-corrected chi connectivity index (χ4v) is 3.83. The molecule has 1 amide bonds. The summed E-state index contributed by atoms with van der Waals surface area (Å²) in [5.74, 6) is 0.878. The van der Waals surface area contributed by atoms with Gasteiger partial charge >= 0.3 is 0 Å². The van der Waals surface area contributed by atoms with Crippen LogP contribution < -0.4 is 10.0 Å². The fraction of sp³-hybridized carbons (Fsp3) is 0.875. The summed E-state index contributed by atoms with van der Waals surface area (Å²) >= 11 is 0. The van der Waals surface area contributed by atoms with Gasteiger partial charge in [-0.1, -0.05) is 0 Å². The molecule has 2 atom stereocenters. The number of amides is 1. The molecule has 6 heteroatoms. The van der Waals surface area contributed by atoms with Crippen LogP contribution in [0.15, 0.2) is 0 Å². The Labute approximate surface area is 83.3 Å². The summed E-state index contributed by atoms with van der Waals surface area (Å²) in [5, 5.41) is 3.20. The lowest BCUT2D eigenvalue weighted by Crippen LogP contribution is -2.32. The molecular weight excluding hydrogens is 204 g/mol. The highest BCUT2D eigenvalue weighted by Crippen LogP contribution is 2.49. The second kappa shape index (κ2) is 3.20. The lowest BCUT2D eigenvalue weighted by Gasteiger charge is -2.06. The van der Waals surface area contributed by atoms with Crippen LogP contribution >= 0.6 is 0 Å². The molecule has 14 heavy (non-hydrogen) atoms. The smallest absolute Gasteiger partial charge is 0.235 e. The zero-order chi connectivity index (χ0) is 10.3. The molecule has 0 aromatic rings. The van der Waals surface area contributed by atoms with Gasteiger partial charge in [-0.25, -0.2) is 8.42 Å². The number of carbonyl (C=O) groups is 1. The van der Waals surface area contributed by atoms with Crippen LogP contribution in [0.25, 0.3) is 0 Å². The van der Waals surface area contributed by atoms with E-state index >= 15 is 0 Å². The predicted octanol–water partition coefficient (Wildman–Crippen LogP) is -1.08. The first-order valence-corrected chi connectivity index (χ1v) is 6.36. The number of sulfonamides is 1. The minimum absolute atomic E-state index is 0.101. The summed E-state index contributed by atoms with van der Waals surface area (Å²) in [6, 6.07) is 0. The Bertz CT molecular complexity index is 342. The van der Waals surface area contributed by atoms with Crippen LogP contribution in [0, 0.1) is 17.8 Å². The molecule has 2 rings (SSSR count). The third kappa shape index (κ3) is 1.90. The van der Waals surface area contributed by atoms with Gasteiger partial charge in [0.05, 0.1) is 5.75 Å². The molecule has 1 aliphatic carbocycles. The van der Waals surface area contributed by atoms with E-state index in [1.807, 2.05) is 4.72 Å². The maximum Gasteiger partial charge on any atom is 0.235 e. The molecular formula is C8H14N2O3S. The minimum Gasteiger partial charge on any atom is -0.316 e. The maximum absolute atomic E-state index is 11.4. The Morgan fingerprint density at radius 1 is 1.43 bits per heavy atom. The van der Waals surface area contributed by atoms with Crippen LogP contribution in [-0.2, 0) is 14.8 Å². The fourth-order valence-electron chi connectivity index (χ4n) is 2.31. The van der Waals surface area contributed by atoms with Crippen molar-refractivity contribution in [2.24, 2.45) is 17.8 Å². The van der Waals surface area contributed by atoms with Crippen LogP contribution in [0.5, 0.6) is 0 Å². The van der Waals surface area contributed by atoms with Gasteiger partial charge in [0.15, 0.2) is 0 Å². The van der Waals surface area contributed by atoms with Gasteiger partial charge in [0.2, 0.25) is 15.9 Å². The summed E-state index contributed by atoms with van der Waals surface area (Å²) in [7, 11) is -3.39. The first-order valence-electron chi connectivity index (χ1n) is 4.71. The number of nitrogens with one attached hydrogen (secondary N) is 2. The monoisotopic (exact) mass is 218 g/mol. The minimum atomic E-state index is -3.39. The van der Waals surface area contributed by atoms with E-state index in [2.05, 4.69) is 5.32 Å². The largest absolute Gasteiger partial charge is 0.316 e. The molecule has 0 aromatic heterocycles. The van der Waals surface area contributed by atoms with Gasteiger partial charge in [0, 0.05) is 6.92 Å². The number of hydrogen-bond donors (Lipinski definition) is 2. The van der Waals surface area contributed by atoms with Gasteiger partial charge < -0.3 is 5.32 Å². The summed E-state index contributed by atoms with van der Waals surface area (Å²) in [6.07, 6.45) is 0. The molecule has 1 aliphatic heterocycles. The molecule has 80 valence electrons. The molecule has 2 unspecified atom stereocenters. The maximum atomic E-state index is 11.4. The zero-order valence-electron chi connectivity index (χ0n) is 7.99. The quantitative estimate of drug-likeness (QED) is 0.631. The average molecular weight is 218 g/mol. The summed E-state index contributed by atoms with van der Waals surface area (Å²) < 4.78 is 24.7. The normalized spacial score (nSPS) is 35.1. The van der Waals surface area contributed by atoms with Crippen molar-refractivity contribution in [1.29, 1.82) is 0 Å². The molecule has 1 heterocycles. The third-order valence-electron chi connectivity index (χ3n) is 2.98. The van der Waals surface area contributed by atoms with Crippen molar-refractivity contribution in [1.82, 2.24) is 10.0 Å². The first kappa shape index (κ1) is 9.92. The molecule has 5 nitrogen and oxygen atoms in total. The first-order chi connectivity index (χ1) is 6.49. The van der Waals surface area contributed by atoms with E-state index in [-0.39, 0.29) is 11.7 Å². The van der Waals surface area contributed by atoms with Gasteiger partial charge in [0.1, 0.15) is 0 Å². The SMILES string of the molecule is CC(=O)NS(=O)(=O)CC1C2CNCC21. The molecule has 0 spiro atoms.